The summed E-state index contributed by atoms with van der Waals surface area (Å²) in [6.45, 7) is 11.2. The molecule has 0 saturated carbocycles. The first-order valence-electron chi connectivity index (χ1n) is 6.80. The van der Waals surface area contributed by atoms with Gasteiger partial charge in [-0.3, -0.25) is 4.79 Å². The third-order valence-electron chi connectivity index (χ3n) is 2.92. The highest BCUT2D eigenvalue weighted by Gasteiger charge is 2.23. The van der Waals surface area contributed by atoms with Gasteiger partial charge < -0.3 is 4.90 Å². The van der Waals surface area contributed by atoms with E-state index in [-0.39, 0.29) is 11.3 Å². The summed E-state index contributed by atoms with van der Waals surface area (Å²) in [6.07, 6.45) is 3.45. The van der Waals surface area contributed by atoms with E-state index in [4.69, 9.17) is 0 Å². The number of nitrogens with zero attached hydrogens (tertiary/aromatic N) is 2. The number of thiazole rings is 1. The van der Waals surface area contributed by atoms with E-state index in [1.807, 2.05) is 17.5 Å². The van der Waals surface area contributed by atoms with Gasteiger partial charge in [0.1, 0.15) is 4.88 Å². The van der Waals surface area contributed by atoms with Gasteiger partial charge in [0.2, 0.25) is 0 Å². The lowest BCUT2D eigenvalue weighted by Gasteiger charge is -2.19. The zero-order chi connectivity index (χ0) is 15.5. The Morgan fingerprint density at radius 2 is 2.24 bits per heavy atom. The average Bonchev–Trinajstić information content (AvgIpc) is 3.07. The number of hydrogen-bond donors (Lipinski definition) is 0. The first-order valence-corrected chi connectivity index (χ1v) is 8.50. The van der Waals surface area contributed by atoms with E-state index < -0.39 is 0 Å². The fraction of sp³-hybridized carbons (Fsp3) is 0.375. The molecular weight excluding hydrogens is 300 g/mol. The minimum Gasteiger partial charge on any atom is -0.329 e. The van der Waals surface area contributed by atoms with E-state index in [1.165, 1.54) is 16.2 Å². The summed E-state index contributed by atoms with van der Waals surface area (Å²) in [5, 5.41) is 3.01. The van der Waals surface area contributed by atoms with Crippen LogP contribution in [0.25, 0.3) is 0 Å². The van der Waals surface area contributed by atoms with Crippen molar-refractivity contribution in [3.8, 4) is 0 Å². The van der Waals surface area contributed by atoms with Gasteiger partial charge in [0.05, 0.1) is 17.7 Å². The van der Waals surface area contributed by atoms with Crippen LogP contribution in [0.4, 0.5) is 0 Å². The Morgan fingerprint density at radius 1 is 1.48 bits per heavy atom. The molecule has 2 aromatic heterocycles. The molecule has 112 valence electrons. The lowest BCUT2D eigenvalue weighted by Crippen LogP contribution is -2.29. The Labute approximate surface area is 134 Å². The van der Waals surface area contributed by atoms with E-state index >= 15 is 0 Å². The van der Waals surface area contributed by atoms with Gasteiger partial charge in [0.15, 0.2) is 0 Å². The third-order valence-corrected chi connectivity index (χ3v) is 5.19. The van der Waals surface area contributed by atoms with Crippen LogP contribution in [-0.2, 0) is 12.0 Å². The van der Waals surface area contributed by atoms with Gasteiger partial charge in [0, 0.05) is 16.8 Å². The topological polar surface area (TPSA) is 33.2 Å². The highest BCUT2D eigenvalue weighted by Crippen LogP contribution is 2.27. The zero-order valence-electron chi connectivity index (χ0n) is 12.6. The molecule has 0 radical (unpaired) electrons. The van der Waals surface area contributed by atoms with E-state index in [9.17, 15) is 4.79 Å². The number of amides is 1. The standard InChI is InChI=1S/C16H20N2OS2/c1-5-8-18(11-12-7-6-9-20-12)14(19)13-10-17-15(21-13)16(2,3)4/h5-7,9-10H,1,8,11H2,2-4H3. The number of thiophene rings is 1. The van der Waals surface area contributed by atoms with Crippen molar-refractivity contribution in [3.63, 3.8) is 0 Å². The molecule has 0 bridgehead atoms. The van der Waals surface area contributed by atoms with Gasteiger partial charge in [0.25, 0.3) is 5.91 Å². The number of rotatable bonds is 5. The number of carbonyl (C=O) groups excluding carboxylic acids is 1. The van der Waals surface area contributed by atoms with Crippen molar-refractivity contribution in [3.05, 3.63) is 51.1 Å². The lowest BCUT2D eigenvalue weighted by atomic mass is 9.98. The summed E-state index contributed by atoms with van der Waals surface area (Å²) in [7, 11) is 0. The van der Waals surface area contributed by atoms with Crippen LogP contribution in [0.2, 0.25) is 0 Å². The maximum absolute atomic E-state index is 12.7. The van der Waals surface area contributed by atoms with E-state index in [0.29, 0.717) is 18.0 Å². The molecule has 0 aliphatic carbocycles. The molecular formula is C16H20N2OS2. The minimum absolute atomic E-state index is 0.0244. The smallest absolute Gasteiger partial charge is 0.266 e. The Morgan fingerprint density at radius 3 is 2.76 bits per heavy atom. The Kier molecular flexibility index (Phi) is 4.96. The van der Waals surface area contributed by atoms with Crippen LogP contribution in [0.1, 0.15) is 40.3 Å². The maximum atomic E-state index is 12.7. The molecule has 0 spiro atoms. The molecule has 0 fully saturated rings. The van der Waals surface area contributed by atoms with Crippen LogP contribution in [0, 0.1) is 0 Å². The van der Waals surface area contributed by atoms with Crippen molar-refractivity contribution in [2.45, 2.75) is 32.7 Å². The summed E-state index contributed by atoms with van der Waals surface area (Å²) in [4.78, 5) is 20.7. The summed E-state index contributed by atoms with van der Waals surface area (Å²) < 4.78 is 0. The van der Waals surface area contributed by atoms with Crippen molar-refractivity contribution in [2.75, 3.05) is 6.54 Å². The molecule has 5 heteroatoms. The van der Waals surface area contributed by atoms with Crippen molar-refractivity contribution in [1.29, 1.82) is 0 Å². The molecule has 3 nitrogen and oxygen atoms in total. The van der Waals surface area contributed by atoms with E-state index in [2.05, 4.69) is 32.3 Å². The summed E-state index contributed by atoms with van der Waals surface area (Å²) in [6, 6.07) is 4.04. The van der Waals surface area contributed by atoms with E-state index in [0.717, 1.165) is 5.01 Å². The van der Waals surface area contributed by atoms with Crippen molar-refractivity contribution in [1.82, 2.24) is 9.88 Å². The van der Waals surface area contributed by atoms with Crippen LogP contribution in [0.5, 0.6) is 0 Å². The second kappa shape index (κ2) is 6.54. The second-order valence-electron chi connectivity index (χ2n) is 5.83. The summed E-state index contributed by atoms with van der Waals surface area (Å²) in [5.41, 5.74) is -0.0276. The van der Waals surface area contributed by atoms with Gasteiger partial charge in [-0.25, -0.2) is 4.98 Å². The lowest BCUT2D eigenvalue weighted by molar-refractivity contribution is 0.0769. The predicted octanol–water partition coefficient (Wildman–Crippen LogP) is 4.33. The first-order chi connectivity index (χ1) is 9.91. The second-order valence-corrected chi connectivity index (χ2v) is 7.90. The molecule has 21 heavy (non-hydrogen) atoms. The number of hydrogen-bond acceptors (Lipinski definition) is 4. The molecule has 0 N–H and O–H groups in total. The van der Waals surface area contributed by atoms with Gasteiger partial charge in [-0.05, 0) is 11.4 Å². The quantitative estimate of drug-likeness (QED) is 0.768. The molecule has 0 unspecified atom stereocenters. The molecule has 0 aliphatic rings. The molecule has 0 saturated heterocycles. The maximum Gasteiger partial charge on any atom is 0.266 e. The van der Waals surface area contributed by atoms with Gasteiger partial charge in [-0.2, -0.15) is 0 Å². The third kappa shape index (κ3) is 4.02. The predicted molar refractivity (Wildman–Crippen MR) is 90.1 cm³/mol. The Balaban J connectivity index is 2.18. The zero-order valence-corrected chi connectivity index (χ0v) is 14.3. The largest absolute Gasteiger partial charge is 0.329 e. The van der Waals surface area contributed by atoms with Crippen molar-refractivity contribution in [2.24, 2.45) is 0 Å². The van der Waals surface area contributed by atoms with E-state index in [1.54, 1.807) is 28.5 Å². The Hall–Kier alpha value is -1.46. The average molecular weight is 320 g/mol. The SMILES string of the molecule is C=CCN(Cc1cccs1)C(=O)c1cnc(C(C)(C)C)s1. The molecule has 1 amide bonds. The van der Waals surface area contributed by atoms with Crippen LogP contribution in [0.3, 0.4) is 0 Å². The Bertz CT molecular complexity index is 609. The van der Waals surface area contributed by atoms with Crippen molar-refractivity contribution < 1.29 is 4.79 Å². The van der Waals surface area contributed by atoms with Crippen LogP contribution < -0.4 is 0 Å². The molecule has 2 heterocycles. The number of carbonyl (C=O) groups is 1. The monoisotopic (exact) mass is 320 g/mol. The molecule has 0 aromatic carbocycles. The first kappa shape index (κ1) is 15.9. The highest BCUT2D eigenvalue weighted by molar-refractivity contribution is 7.13. The van der Waals surface area contributed by atoms with Gasteiger partial charge in [-0.15, -0.1) is 29.3 Å². The van der Waals surface area contributed by atoms with Gasteiger partial charge >= 0.3 is 0 Å². The molecule has 0 atom stereocenters. The molecule has 0 aliphatic heterocycles. The molecule has 2 rings (SSSR count). The van der Waals surface area contributed by atoms with Crippen LogP contribution >= 0.6 is 22.7 Å². The van der Waals surface area contributed by atoms with Crippen molar-refractivity contribution >= 4 is 28.6 Å². The fourth-order valence-corrected chi connectivity index (χ4v) is 3.50. The minimum atomic E-state index is -0.0276. The number of aromatic nitrogens is 1. The van der Waals surface area contributed by atoms with Crippen LogP contribution in [0.15, 0.2) is 36.4 Å². The highest BCUT2D eigenvalue weighted by atomic mass is 32.1. The summed E-state index contributed by atoms with van der Waals surface area (Å²) >= 11 is 3.14. The fourth-order valence-electron chi connectivity index (χ4n) is 1.84. The molecule has 2 aromatic rings. The van der Waals surface area contributed by atoms with Crippen LogP contribution in [-0.4, -0.2) is 22.3 Å². The van der Waals surface area contributed by atoms with Gasteiger partial charge in [-0.1, -0.05) is 32.9 Å². The normalized spacial score (nSPS) is 11.4. The summed E-state index contributed by atoms with van der Waals surface area (Å²) in [5.74, 6) is 0.0244.